The van der Waals surface area contributed by atoms with Gasteiger partial charge in [0, 0.05) is 12.8 Å². The van der Waals surface area contributed by atoms with Crippen LogP contribution in [0.25, 0.3) is 0 Å². The summed E-state index contributed by atoms with van der Waals surface area (Å²) in [5.74, 6) is -0.0883. The summed E-state index contributed by atoms with van der Waals surface area (Å²) >= 11 is 0. The molecule has 1 saturated heterocycles. The highest BCUT2D eigenvalue weighted by molar-refractivity contribution is 5.87. The Hall–Kier alpha value is -1.12. The third-order valence-electron chi connectivity index (χ3n) is 1.96. The quantitative estimate of drug-likeness (QED) is 0.492. The normalized spacial score (nSPS) is 23.2. The number of rotatable bonds is 3. The number of esters is 1. The monoisotopic (exact) mass is 182 g/mol. The van der Waals surface area contributed by atoms with Crippen LogP contribution in [0.1, 0.15) is 32.6 Å². The smallest absolute Gasteiger partial charge is 0.306 e. The molecular weight excluding hydrogens is 168 g/mol. The van der Waals surface area contributed by atoms with E-state index in [-0.39, 0.29) is 17.9 Å². The Balaban J connectivity index is 2.28. The lowest BCUT2D eigenvalue weighted by Gasteiger charge is -2.20. The Morgan fingerprint density at radius 3 is 3.08 bits per heavy atom. The van der Waals surface area contributed by atoms with Crippen molar-refractivity contribution in [1.29, 1.82) is 0 Å². The Labute approximate surface area is 77.8 Å². The zero-order valence-corrected chi connectivity index (χ0v) is 7.79. The van der Waals surface area contributed by atoms with Gasteiger partial charge in [-0.25, -0.2) is 0 Å². The van der Waals surface area contributed by atoms with Gasteiger partial charge in [0.25, 0.3) is 0 Å². The number of hydrogen-bond acceptors (Lipinski definition) is 3. The second-order valence-corrected chi connectivity index (χ2v) is 3.25. The SMILES string of the molecule is CC(=O)/C=C/C[C@@H]1CCCC(=O)O1. The van der Waals surface area contributed by atoms with Gasteiger partial charge >= 0.3 is 5.97 Å². The Morgan fingerprint density at radius 2 is 2.46 bits per heavy atom. The summed E-state index contributed by atoms with van der Waals surface area (Å²) in [6.45, 7) is 1.50. The first kappa shape index (κ1) is 9.96. The summed E-state index contributed by atoms with van der Waals surface area (Å²) < 4.78 is 5.07. The molecule has 0 aromatic heterocycles. The number of carbonyl (C=O) groups is 2. The topological polar surface area (TPSA) is 43.4 Å². The Morgan fingerprint density at radius 1 is 1.69 bits per heavy atom. The first-order chi connectivity index (χ1) is 6.18. The molecule has 0 unspecified atom stereocenters. The summed E-state index contributed by atoms with van der Waals surface area (Å²) in [5, 5.41) is 0. The van der Waals surface area contributed by atoms with Crippen LogP contribution in [0.2, 0.25) is 0 Å². The largest absolute Gasteiger partial charge is 0.462 e. The van der Waals surface area contributed by atoms with Gasteiger partial charge in [0.2, 0.25) is 0 Å². The van der Waals surface area contributed by atoms with E-state index in [0.717, 1.165) is 12.8 Å². The first-order valence-electron chi connectivity index (χ1n) is 4.55. The van der Waals surface area contributed by atoms with Gasteiger partial charge in [-0.1, -0.05) is 6.08 Å². The third-order valence-corrected chi connectivity index (χ3v) is 1.96. The number of ketones is 1. The van der Waals surface area contributed by atoms with Gasteiger partial charge < -0.3 is 4.74 Å². The van der Waals surface area contributed by atoms with Crippen molar-refractivity contribution in [2.45, 2.75) is 38.7 Å². The minimum absolute atomic E-state index is 0.0168. The van der Waals surface area contributed by atoms with E-state index in [4.69, 9.17) is 4.74 Å². The molecule has 1 fully saturated rings. The molecule has 0 saturated carbocycles. The van der Waals surface area contributed by atoms with Crippen LogP contribution in [0.4, 0.5) is 0 Å². The highest BCUT2D eigenvalue weighted by atomic mass is 16.5. The van der Waals surface area contributed by atoms with Gasteiger partial charge in [0.05, 0.1) is 0 Å². The van der Waals surface area contributed by atoms with E-state index < -0.39 is 0 Å². The molecule has 0 aromatic rings. The average Bonchev–Trinajstić information content (AvgIpc) is 2.03. The van der Waals surface area contributed by atoms with Gasteiger partial charge in [-0.2, -0.15) is 0 Å². The fourth-order valence-corrected chi connectivity index (χ4v) is 1.33. The molecule has 0 aliphatic carbocycles. The van der Waals surface area contributed by atoms with Gasteiger partial charge in [-0.3, -0.25) is 9.59 Å². The first-order valence-corrected chi connectivity index (χ1v) is 4.55. The number of cyclic esters (lactones) is 1. The molecule has 0 aromatic carbocycles. The molecule has 3 nitrogen and oxygen atoms in total. The summed E-state index contributed by atoms with van der Waals surface area (Å²) in [6, 6.07) is 0. The molecule has 1 heterocycles. The zero-order chi connectivity index (χ0) is 9.68. The molecule has 1 aliphatic rings. The van der Waals surface area contributed by atoms with E-state index in [1.807, 2.05) is 0 Å². The summed E-state index contributed by atoms with van der Waals surface area (Å²) in [7, 11) is 0. The van der Waals surface area contributed by atoms with E-state index in [0.29, 0.717) is 12.8 Å². The van der Waals surface area contributed by atoms with Crippen LogP contribution in [0, 0.1) is 0 Å². The number of ether oxygens (including phenoxy) is 1. The average molecular weight is 182 g/mol. The fraction of sp³-hybridized carbons (Fsp3) is 0.600. The molecule has 13 heavy (non-hydrogen) atoms. The summed E-state index contributed by atoms with van der Waals surface area (Å²) in [4.78, 5) is 21.4. The fourth-order valence-electron chi connectivity index (χ4n) is 1.33. The minimum Gasteiger partial charge on any atom is -0.462 e. The van der Waals surface area contributed by atoms with Crippen LogP contribution >= 0.6 is 0 Å². The molecule has 1 aliphatic heterocycles. The molecule has 0 N–H and O–H groups in total. The Kier molecular flexibility index (Phi) is 3.68. The van der Waals surface area contributed by atoms with Crippen LogP contribution in [0.5, 0.6) is 0 Å². The van der Waals surface area contributed by atoms with E-state index in [2.05, 4.69) is 0 Å². The van der Waals surface area contributed by atoms with Crippen LogP contribution < -0.4 is 0 Å². The highest BCUT2D eigenvalue weighted by Crippen LogP contribution is 2.16. The summed E-state index contributed by atoms with van der Waals surface area (Å²) in [6.07, 6.45) is 6.27. The van der Waals surface area contributed by atoms with E-state index >= 15 is 0 Å². The van der Waals surface area contributed by atoms with Gasteiger partial charge in [0.1, 0.15) is 6.10 Å². The predicted molar refractivity (Wildman–Crippen MR) is 48.2 cm³/mol. The molecule has 0 spiro atoms. The van der Waals surface area contributed by atoms with Crippen LogP contribution in [-0.2, 0) is 14.3 Å². The van der Waals surface area contributed by atoms with Crippen molar-refractivity contribution < 1.29 is 14.3 Å². The lowest BCUT2D eigenvalue weighted by molar-refractivity contribution is -0.153. The minimum atomic E-state index is -0.118. The second-order valence-electron chi connectivity index (χ2n) is 3.25. The second kappa shape index (κ2) is 4.80. The highest BCUT2D eigenvalue weighted by Gasteiger charge is 2.18. The molecule has 3 heteroatoms. The predicted octanol–water partition coefficient (Wildman–Crippen LogP) is 1.62. The van der Waals surface area contributed by atoms with Crippen LogP contribution in [-0.4, -0.2) is 17.9 Å². The van der Waals surface area contributed by atoms with Crippen LogP contribution in [0.15, 0.2) is 12.2 Å². The lowest BCUT2D eigenvalue weighted by Crippen LogP contribution is -2.22. The maximum Gasteiger partial charge on any atom is 0.306 e. The summed E-state index contributed by atoms with van der Waals surface area (Å²) in [5.41, 5.74) is 0. The standard InChI is InChI=1S/C10H14O3/c1-8(11)4-2-5-9-6-3-7-10(12)13-9/h2,4,9H,3,5-7H2,1H3/b4-2+/t9-/m1/s1. The van der Waals surface area contributed by atoms with Gasteiger partial charge in [-0.15, -0.1) is 0 Å². The van der Waals surface area contributed by atoms with Gasteiger partial charge in [-0.05, 0) is 25.8 Å². The van der Waals surface area contributed by atoms with Crippen molar-refractivity contribution >= 4 is 11.8 Å². The van der Waals surface area contributed by atoms with Gasteiger partial charge in [0.15, 0.2) is 5.78 Å². The van der Waals surface area contributed by atoms with E-state index in [1.54, 1.807) is 6.08 Å². The van der Waals surface area contributed by atoms with Crippen molar-refractivity contribution in [3.63, 3.8) is 0 Å². The van der Waals surface area contributed by atoms with Crippen molar-refractivity contribution in [1.82, 2.24) is 0 Å². The maximum absolute atomic E-state index is 10.9. The van der Waals surface area contributed by atoms with E-state index in [1.165, 1.54) is 13.0 Å². The molecule has 1 rings (SSSR count). The lowest BCUT2D eigenvalue weighted by atomic mass is 10.1. The van der Waals surface area contributed by atoms with Crippen molar-refractivity contribution in [3.05, 3.63) is 12.2 Å². The zero-order valence-electron chi connectivity index (χ0n) is 7.79. The molecule has 72 valence electrons. The maximum atomic E-state index is 10.9. The van der Waals surface area contributed by atoms with Crippen molar-refractivity contribution in [3.8, 4) is 0 Å². The third kappa shape index (κ3) is 3.87. The molecular formula is C10H14O3. The van der Waals surface area contributed by atoms with Crippen molar-refractivity contribution in [2.75, 3.05) is 0 Å². The number of hydrogen-bond donors (Lipinski definition) is 0. The number of allylic oxidation sites excluding steroid dienone is 1. The number of carbonyl (C=O) groups excluding carboxylic acids is 2. The molecule has 0 amide bonds. The van der Waals surface area contributed by atoms with Crippen molar-refractivity contribution in [2.24, 2.45) is 0 Å². The molecule has 1 atom stereocenters. The molecule has 0 radical (unpaired) electrons. The molecule has 0 bridgehead atoms. The van der Waals surface area contributed by atoms with E-state index in [9.17, 15) is 9.59 Å². The van der Waals surface area contributed by atoms with Crippen LogP contribution in [0.3, 0.4) is 0 Å². The Bertz CT molecular complexity index is 230.